The summed E-state index contributed by atoms with van der Waals surface area (Å²) in [5, 5.41) is 7.04. The van der Waals surface area contributed by atoms with E-state index in [1.807, 2.05) is 31.2 Å². The first-order valence-corrected chi connectivity index (χ1v) is 7.47. The fourth-order valence-electron chi connectivity index (χ4n) is 1.77. The topological polar surface area (TPSA) is 67.2 Å². The number of carbonyl (C=O) groups is 1. The number of benzene rings is 1. The molecule has 0 aliphatic heterocycles. The lowest BCUT2D eigenvalue weighted by atomic mass is 10.2. The van der Waals surface area contributed by atoms with Crippen molar-refractivity contribution in [2.24, 2.45) is 0 Å². The lowest BCUT2D eigenvalue weighted by Crippen LogP contribution is -2.23. The van der Waals surface area contributed by atoms with E-state index in [4.69, 9.17) is 5.73 Å². The average Bonchev–Trinajstić information content (AvgIpc) is 2.85. The largest absolute Gasteiger partial charge is 0.397 e. The zero-order valence-corrected chi connectivity index (χ0v) is 12.3. The van der Waals surface area contributed by atoms with Crippen molar-refractivity contribution in [1.29, 1.82) is 0 Å². The number of rotatable bonds is 6. The van der Waals surface area contributed by atoms with E-state index in [0.29, 0.717) is 17.1 Å². The summed E-state index contributed by atoms with van der Waals surface area (Å²) >= 11 is 1.39. The van der Waals surface area contributed by atoms with Crippen LogP contribution in [-0.2, 0) is 6.54 Å². The molecule has 0 saturated heterocycles. The third-order valence-corrected chi connectivity index (χ3v) is 3.92. The van der Waals surface area contributed by atoms with Crippen LogP contribution in [0.2, 0.25) is 0 Å². The molecule has 2 aromatic rings. The summed E-state index contributed by atoms with van der Waals surface area (Å²) in [7, 11) is 0. The first kappa shape index (κ1) is 14.4. The molecule has 0 atom stereocenters. The Bertz CT molecular complexity index is 566. The van der Waals surface area contributed by atoms with Crippen LogP contribution in [0, 0.1) is 0 Å². The second-order valence-corrected chi connectivity index (χ2v) is 5.54. The molecule has 0 saturated carbocycles. The standard InChI is InChI=1S/C15H19N3OS/c1-2-8-17-15(19)14-12(16)9-13(20-14)18-10-11-6-4-3-5-7-11/h3-7,9,18H,2,8,10,16H2,1H3,(H,17,19). The highest BCUT2D eigenvalue weighted by Crippen LogP contribution is 2.29. The summed E-state index contributed by atoms with van der Waals surface area (Å²) in [4.78, 5) is 12.5. The summed E-state index contributed by atoms with van der Waals surface area (Å²) in [6.45, 7) is 3.41. The van der Waals surface area contributed by atoms with Crippen molar-refractivity contribution in [2.75, 3.05) is 17.6 Å². The highest BCUT2D eigenvalue weighted by molar-refractivity contribution is 7.18. The van der Waals surface area contributed by atoms with E-state index in [0.717, 1.165) is 18.0 Å². The van der Waals surface area contributed by atoms with Gasteiger partial charge < -0.3 is 16.4 Å². The Hall–Kier alpha value is -2.01. The van der Waals surface area contributed by atoms with Gasteiger partial charge in [0, 0.05) is 13.1 Å². The maximum atomic E-state index is 11.9. The van der Waals surface area contributed by atoms with Crippen molar-refractivity contribution in [3.63, 3.8) is 0 Å². The van der Waals surface area contributed by atoms with Gasteiger partial charge in [0.2, 0.25) is 0 Å². The van der Waals surface area contributed by atoms with Crippen LogP contribution in [-0.4, -0.2) is 12.5 Å². The zero-order valence-electron chi connectivity index (χ0n) is 11.5. The average molecular weight is 289 g/mol. The summed E-state index contributed by atoms with van der Waals surface area (Å²) in [6.07, 6.45) is 0.913. The molecule has 1 heterocycles. The molecule has 106 valence electrons. The van der Waals surface area contributed by atoms with Crippen molar-refractivity contribution in [2.45, 2.75) is 19.9 Å². The lowest BCUT2D eigenvalue weighted by molar-refractivity contribution is 0.0958. The second kappa shape index (κ2) is 6.96. The fraction of sp³-hybridized carbons (Fsp3) is 0.267. The van der Waals surface area contributed by atoms with E-state index >= 15 is 0 Å². The Morgan fingerprint density at radius 1 is 1.30 bits per heavy atom. The van der Waals surface area contributed by atoms with Crippen molar-refractivity contribution < 1.29 is 4.79 Å². The molecule has 20 heavy (non-hydrogen) atoms. The smallest absolute Gasteiger partial charge is 0.263 e. The maximum Gasteiger partial charge on any atom is 0.263 e. The van der Waals surface area contributed by atoms with Crippen LogP contribution >= 0.6 is 11.3 Å². The molecule has 1 aromatic carbocycles. The molecule has 1 aromatic heterocycles. The van der Waals surface area contributed by atoms with Gasteiger partial charge >= 0.3 is 0 Å². The Labute approximate surface area is 123 Å². The highest BCUT2D eigenvalue weighted by Gasteiger charge is 2.13. The first-order chi connectivity index (χ1) is 9.70. The number of nitrogens with two attached hydrogens (primary N) is 1. The van der Waals surface area contributed by atoms with E-state index in [2.05, 4.69) is 22.8 Å². The minimum Gasteiger partial charge on any atom is -0.397 e. The van der Waals surface area contributed by atoms with Gasteiger partial charge in [0.25, 0.3) is 5.91 Å². The molecule has 1 amide bonds. The summed E-state index contributed by atoms with van der Waals surface area (Å²) in [6, 6.07) is 11.9. The van der Waals surface area contributed by atoms with Crippen LogP contribution in [0.4, 0.5) is 10.7 Å². The molecule has 4 N–H and O–H groups in total. The van der Waals surface area contributed by atoms with E-state index in [1.54, 1.807) is 0 Å². The number of thiophene rings is 1. The van der Waals surface area contributed by atoms with E-state index < -0.39 is 0 Å². The van der Waals surface area contributed by atoms with E-state index in [1.165, 1.54) is 16.9 Å². The van der Waals surface area contributed by atoms with Crippen LogP contribution in [0.25, 0.3) is 0 Å². The molecule has 4 nitrogen and oxygen atoms in total. The van der Waals surface area contributed by atoms with Gasteiger partial charge in [-0.3, -0.25) is 4.79 Å². The number of amides is 1. The molecule has 0 fully saturated rings. The normalized spacial score (nSPS) is 10.2. The number of hydrogen-bond donors (Lipinski definition) is 3. The molecule has 0 aliphatic carbocycles. The number of anilines is 2. The predicted octanol–water partition coefficient (Wildman–Crippen LogP) is 3.08. The van der Waals surface area contributed by atoms with Gasteiger partial charge in [-0.2, -0.15) is 0 Å². The Kier molecular flexibility index (Phi) is 5.01. The van der Waals surface area contributed by atoms with Crippen molar-refractivity contribution >= 4 is 27.9 Å². The van der Waals surface area contributed by atoms with Crippen LogP contribution in [0.1, 0.15) is 28.6 Å². The fourth-order valence-corrected chi connectivity index (χ4v) is 2.67. The summed E-state index contributed by atoms with van der Waals surface area (Å²) in [5.41, 5.74) is 7.61. The molecule has 0 unspecified atom stereocenters. The van der Waals surface area contributed by atoms with Gasteiger partial charge in [-0.15, -0.1) is 11.3 Å². The monoisotopic (exact) mass is 289 g/mol. The van der Waals surface area contributed by atoms with Crippen LogP contribution in [0.15, 0.2) is 36.4 Å². The van der Waals surface area contributed by atoms with E-state index in [-0.39, 0.29) is 5.91 Å². The Balaban J connectivity index is 1.98. The van der Waals surface area contributed by atoms with Gasteiger partial charge in [0.1, 0.15) is 4.88 Å². The SMILES string of the molecule is CCCNC(=O)c1sc(NCc2ccccc2)cc1N. The first-order valence-electron chi connectivity index (χ1n) is 6.66. The Morgan fingerprint density at radius 3 is 2.75 bits per heavy atom. The lowest BCUT2D eigenvalue weighted by Gasteiger charge is -2.03. The summed E-state index contributed by atoms with van der Waals surface area (Å²) in [5.74, 6) is -0.0953. The van der Waals surface area contributed by atoms with Gasteiger partial charge in [-0.25, -0.2) is 0 Å². The van der Waals surface area contributed by atoms with E-state index in [9.17, 15) is 4.79 Å². The molecule has 0 aliphatic rings. The van der Waals surface area contributed by atoms with Gasteiger partial charge in [0.05, 0.1) is 10.7 Å². The minimum atomic E-state index is -0.0953. The number of hydrogen-bond acceptors (Lipinski definition) is 4. The van der Waals surface area contributed by atoms with Crippen molar-refractivity contribution in [3.05, 3.63) is 46.8 Å². The third-order valence-electron chi connectivity index (χ3n) is 2.81. The summed E-state index contributed by atoms with van der Waals surface area (Å²) < 4.78 is 0. The van der Waals surface area contributed by atoms with Crippen molar-refractivity contribution in [1.82, 2.24) is 5.32 Å². The quantitative estimate of drug-likeness (QED) is 0.765. The molecular weight excluding hydrogens is 270 g/mol. The molecular formula is C15H19N3OS. The predicted molar refractivity (Wildman–Crippen MR) is 85.1 cm³/mol. The number of carbonyl (C=O) groups excluding carboxylic acids is 1. The van der Waals surface area contributed by atoms with Crippen LogP contribution in [0.3, 0.4) is 0 Å². The molecule has 0 radical (unpaired) electrons. The molecule has 0 bridgehead atoms. The van der Waals surface area contributed by atoms with Crippen LogP contribution < -0.4 is 16.4 Å². The number of nitrogen functional groups attached to an aromatic ring is 1. The molecule has 5 heteroatoms. The third kappa shape index (κ3) is 3.74. The second-order valence-electron chi connectivity index (χ2n) is 4.49. The van der Waals surface area contributed by atoms with Gasteiger partial charge in [-0.1, -0.05) is 37.3 Å². The highest BCUT2D eigenvalue weighted by atomic mass is 32.1. The maximum absolute atomic E-state index is 11.9. The molecule has 0 spiro atoms. The Morgan fingerprint density at radius 2 is 2.05 bits per heavy atom. The number of nitrogens with one attached hydrogen (secondary N) is 2. The minimum absolute atomic E-state index is 0.0953. The van der Waals surface area contributed by atoms with Gasteiger partial charge in [0.15, 0.2) is 0 Å². The van der Waals surface area contributed by atoms with Crippen molar-refractivity contribution in [3.8, 4) is 0 Å². The van der Waals surface area contributed by atoms with Crippen LogP contribution in [0.5, 0.6) is 0 Å². The van der Waals surface area contributed by atoms with Gasteiger partial charge in [-0.05, 0) is 18.1 Å². The molecule has 2 rings (SSSR count). The zero-order chi connectivity index (χ0) is 14.4.